The normalized spacial score (nSPS) is 10.2. The summed E-state index contributed by atoms with van der Waals surface area (Å²) in [5, 5.41) is 14.4. The first-order valence-electron chi connectivity index (χ1n) is 8.10. The van der Waals surface area contributed by atoms with E-state index in [1.807, 2.05) is 65.6 Å². The van der Waals surface area contributed by atoms with Crippen molar-refractivity contribution in [2.75, 3.05) is 16.8 Å². The number of nitrogens with zero attached hydrogens (tertiary/aromatic N) is 3. The van der Waals surface area contributed by atoms with E-state index < -0.39 is 4.92 Å². The summed E-state index contributed by atoms with van der Waals surface area (Å²) in [6.45, 7) is 4.32. The summed E-state index contributed by atoms with van der Waals surface area (Å²) < 4.78 is 0. The maximum Gasteiger partial charge on any atom is 0.311 e. The van der Waals surface area contributed by atoms with Gasteiger partial charge in [-0.3, -0.25) is 10.1 Å². The average Bonchev–Trinajstić information content (AvgIpc) is 2.67. The molecule has 0 aliphatic carbocycles. The molecule has 0 saturated carbocycles. The van der Waals surface area contributed by atoms with Crippen molar-refractivity contribution in [1.29, 1.82) is 0 Å². The molecule has 1 aromatic heterocycles. The summed E-state index contributed by atoms with van der Waals surface area (Å²) in [6.07, 6.45) is 1.76. The number of pyridine rings is 1. The van der Waals surface area contributed by atoms with E-state index in [1.54, 1.807) is 12.1 Å². The van der Waals surface area contributed by atoms with Gasteiger partial charge < -0.3 is 10.2 Å². The molecule has 2 aromatic carbocycles. The molecule has 1 N–H and O–H groups in total. The molecule has 3 rings (SSSR count). The van der Waals surface area contributed by atoms with Crippen molar-refractivity contribution in [2.45, 2.75) is 0 Å². The van der Waals surface area contributed by atoms with Gasteiger partial charge in [0.05, 0.1) is 4.92 Å². The molecule has 3 aromatic rings. The minimum atomic E-state index is -0.442. The zero-order valence-electron chi connectivity index (χ0n) is 14.1. The van der Waals surface area contributed by atoms with Crippen LogP contribution in [0.3, 0.4) is 0 Å². The number of aromatic nitrogens is 1. The molecule has 0 fully saturated rings. The quantitative estimate of drug-likeness (QED) is 0.368. The van der Waals surface area contributed by atoms with E-state index >= 15 is 0 Å². The lowest BCUT2D eigenvalue weighted by atomic mass is 10.2. The summed E-state index contributed by atoms with van der Waals surface area (Å²) >= 11 is 0. The number of nitrogens with one attached hydrogen (secondary N) is 1. The molecule has 0 saturated heterocycles. The van der Waals surface area contributed by atoms with E-state index in [0.29, 0.717) is 12.4 Å². The summed E-state index contributed by atoms with van der Waals surface area (Å²) in [4.78, 5) is 17.4. The molecule has 0 aliphatic heterocycles. The van der Waals surface area contributed by atoms with Crippen LogP contribution in [0.1, 0.15) is 0 Å². The summed E-state index contributed by atoms with van der Waals surface area (Å²) in [5.74, 6) is 0.795. The predicted molar refractivity (Wildman–Crippen MR) is 104 cm³/mol. The highest BCUT2D eigenvalue weighted by Gasteiger charge is 2.19. The lowest BCUT2D eigenvalue weighted by molar-refractivity contribution is -0.384. The summed E-state index contributed by atoms with van der Waals surface area (Å²) in [6, 6.07) is 22.1. The second kappa shape index (κ2) is 7.94. The molecule has 0 radical (unpaired) electrons. The van der Waals surface area contributed by atoms with Crippen molar-refractivity contribution >= 4 is 28.7 Å². The third kappa shape index (κ3) is 3.87. The molecule has 6 nitrogen and oxygen atoms in total. The second-order valence-electron chi connectivity index (χ2n) is 5.52. The standard InChI is InChI=1S/C20H18N4O2/c1-2-15-23(17-11-7-4-8-12-17)19-14-13-18(24(25)26)20(22-19)21-16-9-5-3-6-10-16/h2-14H,1,15H2,(H,21,22). The fourth-order valence-electron chi connectivity index (χ4n) is 2.56. The number of hydrogen-bond acceptors (Lipinski definition) is 5. The van der Waals surface area contributed by atoms with Crippen molar-refractivity contribution in [2.24, 2.45) is 0 Å². The van der Waals surface area contributed by atoms with Gasteiger partial charge in [0, 0.05) is 24.0 Å². The van der Waals surface area contributed by atoms with Gasteiger partial charge in [0.2, 0.25) is 5.82 Å². The first-order valence-corrected chi connectivity index (χ1v) is 8.10. The van der Waals surface area contributed by atoms with Crippen molar-refractivity contribution in [3.05, 3.63) is 95.6 Å². The molecule has 0 spiro atoms. The monoisotopic (exact) mass is 346 g/mol. The summed E-state index contributed by atoms with van der Waals surface area (Å²) in [7, 11) is 0. The average molecular weight is 346 g/mol. The summed E-state index contributed by atoms with van der Waals surface area (Å²) in [5.41, 5.74) is 1.58. The maximum absolute atomic E-state index is 11.4. The van der Waals surface area contributed by atoms with Gasteiger partial charge in [-0.2, -0.15) is 0 Å². The Bertz CT molecular complexity index is 898. The number of rotatable bonds is 7. The first kappa shape index (κ1) is 17.2. The maximum atomic E-state index is 11.4. The smallest absolute Gasteiger partial charge is 0.311 e. The molecule has 0 bridgehead atoms. The van der Waals surface area contributed by atoms with Crippen molar-refractivity contribution in [3.63, 3.8) is 0 Å². The predicted octanol–water partition coefficient (Wildman–Crippen LogP) is 5.06. The topological polar surface area (TPSA) is 71.3 Å². The number of para-hydroxylation sites is 2. The van der Waals surface area contributed by atoms with Crippen LogP contribution in [0.5, 0.6) is 0 Å². The molecule has 1 heterocycles. The molecular formula is C20H18N4O2. The fourth-order valence-corrected chi connectivity index (χ4v) is 2.56. The van der Waals surface area contributed by atoms with Gasteiger partial charge >= 0.3 is 5.69 Å². The zero-order chi connectivity index (χ0) is 18.4. The van der Waals surface area contributed by atoms with Crippen LogP contribution in [-0.2, 0) is 0 Å². The van der Waals surface area contributed by atoms with Crippen LogP contribution in [0.15, 0.2) is 85.5 Å². The fraction of sp³-hybridized carbons (Fsp3) is 0.0500. The first-order chi connectivity index (χ1) is 12.7. The van der Waals surface area contributed by atoms with Gasteiger partial charge in [0.25, 0.3) is 0 Å². The largest absolute Gasteiger partial charge is 0.334 e. The van der Waals surface area contributed by atoms with Crippen molar-refractivity contribution in [1.82, 2.24) is 4.98 Å². The molecule has 6 heteroatoms. The van der Waals surface area contributed by atoms with Crippen LogP contribution in [0.2, 0.25) is 0 Å². The number of hydrogen-bond donors (Lipinski definition) is 1. The van der Waals surface area contributed by atoms with E-state index in [9.17, 15) is 10.1 Å². The van der Waals surface area contributed by atoms with E-state index in [-0.39, 0.29) is 11.5 Å². The third-order valence-electron chi connectivity index (χ3n) is 3.75. The molecular weight excluding hydrogens is 328 g/mol. The van der Waals surface area contributed by atoms with Crippen LogP contribution in [0.25, 0.3) is 0 Å². The van der Waals surface area contributed by atoms with Crippen LogP contribution >= 0.6 is 0 Å². The SMILES string of the molecule is C=CCN(c1ccccc1)c1ccc([N+](=O)[O-])c(Nc2ccccc2)n1. The molecule has 0 aliphatic rings. The van der Waals surface area contributed by atoms with Crippen LogP contribution in [0.4, 0.5) is 28.7 Å². The minimum absolute atomic E-state index is 0.0794. The van der Waals surface area contributed by atoms with Gasteiger partial charge in [-0.15, -0.1) is 6.58 Å². The van der Waals surface area contributed by atoms with E-state index in [0.717, 1.165) is 11.4 Å². The third-order valence-corrected chi connectivity index (χ3v) is 3.75. The zero-order valence-corrected chi connectivity index (χ0v) is 14.1. The number of anilines is 4. The lowest BCUT2D eigenvalue weighted by Gasteiger charge is -2.23. The van der Waals surface area contributed by atoms with Gasteiger partial charge in [-0.25, -0.2) is 4.98 Å². The Labute approximate surface area is 151 Å². The van der Waals surface area contributed by atoms with E-state index in [1.165, 1.54) is 6.07 Å². The molecule has 26 heavy (non-hydrogen) atoms. The van der Waals surface area contributed by atoms with Crippen LogP contribution in [-0.4, -0.2) is 16.5 Å². The Hall–Kier alpha value is -3.67. The Morgan fingerprint density at radius 1 is 1.04 bits per heavy atom. The van der Waals surface area contributed by atoms with E-state index in [4.69, 9.17) is 0 Å². The number of benzene rings is 2. The number of nitro groups is 1. The highest BCUT2D eigenvalue weighted by Crippen LogP contribution is 2.31. The molecule has 0 amide bonds. The minimum Gasteiger partial charge on any atom is -0.334 e. The van der Waals surface area contributed by atoms with Crippen LogP contribution in [0, 0.1) is 10.1 Å². The highest BCUT2D eigenvalue weighted by atomic mass is 16.6. The van der Waals surface area contributed by atoms with Gasteiger partial charge in [0.15, 0.2) is 0 Å². The molecule has 0 atom stereocenters. The second-order valence-corrected chi connectivity index (χ2v) is 5.52. The molecule has 0 unspecified atom stereocenters. The van der Waals surface area contributed by atoms with Gasteiger partial charge in [-0.1, -0.05) is 42.5 Å². The Balaban J connectivity index is 2.03. The van der Waals surface area contributed by atoms with Gasteiger partial charge in [-0.05, 0) is 30.3 Å². The Kier molecular flexibility index (Phi) is 5.24. The van der Waals surface area contributed by atoms with Crippen molar-refractivity contribution in [3.8, 4) is 0 Å². The highest BCUT2D eigenvalue weighted by molar-refractivity contribution is 5.70. The Morgan fingerprint density at radius 2 is 1.69 bits per heavy atom. The Morgan fingerprint density at radius 3 is 2.31 bits per heavy atom. The van der Waals surface area contributed by atoms with Crippen LogP contribution < -0.4 is 10.2 Å². The lowest BCUT2D eigenvalue weighted by Crippen LogP contribution is -2.18. The van der Waals surface area contributed by atoms with Crippen molar-refractivity contribution < 1.29 is 4.92 Å². The van der Waals surface area contributed by atoms with Gasteiger partial charge in [0.1, 0.15) is 5.82 Å². The molecule has 130 valence electrons. The van der Waals surface area contributed by atoms with E-state index in [2.05, 4.69) is 16.9 Å².